The summed E-state index contributed by atoms with van der Waals surface area (Å²) in [7, 11) is 3.04. The van der Waals surface area contributed by atoms with Crippen LogP contribution < -0.4 is 5.32 Å². The number of thioether (sulfide) groups is 1. The third kappa shape index (κ3) is 2.81. The van der Waals surface area contributed by atoms with E-state index in [-0.39, 0.29) is 5.82 Å². The first-order valence-corrected chi connectivity index (χ1v) is 6.51. The minimum Gasteiger partial charge on any atom is -0.463 e. The molecule has 0 radical (unpaired) electrons. The van der Waals surface area contributed by atoms with Crippen LogP contribution in [-0.2, 0) is 4.74 Å². The number of nitrogens with one attached hydrogen (secondary N) is 1. The first-order chi connectivity index (χ1) is 9.17. The maximum Gasteiger partial charge on any atom is 0.377 e. The number of hydrogen-bond donors (Lipinski definition) is 1. The number of anilines is 1. The summed E-state index contributed by atoms with van der Waals surface area (Å²) in [5.41, 5.74) is 0. The zero-order valence-corrected chi connectivity index (χ0v) is 11.4. The highest BCUT2D eigenvalue weighted by Gasteiger charge is 2.13. The summed E-state index contributed by atoms with van der Waals surface area (Å²) < 4.78 is 5.95. The van der Waals surface area contributed by atoms with Crippen molar-refractivity contribution in [3.63, 3.8) is 0 Å². The molecule has 0 unspecified atom stereocenters. The van der Waals surface area contributed by atoms with Crippen LogP contribution in [0.25, 0.3) is 5.82 Å². The molecule has 2 rings (SSSR count). The van der Waals surface area contributed by atoms with Gasteiger partial charge >= 0.3 is 5.97 Å². The van der Waals surface area contributed by atoms with Gasteiger partial charge in [-0.05, 0) is 6.26 Å². The average Bonchev–Trinajstić information content (AvgIpc) is 2.95. The second-order valence-electron chi connectivity index (χ2n) is 3.35. The van der Waals surface area contributed by atoms with Gasteiger partial charge in [0.25, 0.3) is 5.82 Å². The summed E-state index contributed by atoms with van der Waals surface area (Å²) in [4.78, 5) is 23.7. The summed E-state index contributed by atoms with van der Waals surface area (Å²) in [6, 6.07) is 1.70. The van der Waals surface area contributed by atoms with E-state index in [1.165, 1.54) is 29.9 Å². The Bertz CT molecular complexity index is 577. The van der Waals surface area contributed by atoms with Crippen molar-refractivity contribution < 1.29 is 9.53 Å². The molecule has 0 aliphatic rings. The zero-order chi connectivity index (χ0) is 13.8. The topological polar surface area (TPSA) is 94.8 Å². The SMILES string of the molecule is CNc1cc(-n2cnc(C(=O)OC)n2)nc(SC)n1. The fourth-order valence-corrected chi connectivity index (χ4v) is 1.68. The van der Waals surface area contributed by atoms with Crippen molar-refractivity contribution in [1.82, 2.24) is 24.7 Å². The van der Waals surface area contributed by atoms with Gasteiger partial charge in [-0.25, -0.2) is 24.4 Å². The highest BCUT2D eigenvalue weighted by atomic mass is 32.2. The number of rotatable bonds is 4. The van der Waals surface area contributed by atoms with Gasteiger partial charge in [0.15, 0.2) is 11.0 Å². The van der Waals surface area contributed by atoms with Gasteiger partial charge in [0.1, 0.15) is 12.1 Å². The molecule has 0 saturated heterocycles. The van der Waals surface area contributed by atoms with E-state index in [9.17, 15) is 4.79 Å². The Balaban J connectivity index is 2.40. The molecule has 2 aromatic rings. The van der Waals surface area contributed by atoms with Crippen LogP contribution in [0.4, 0.5) is 5.82 Å². The fourth-order valence-electron chi connectivity index (χ4n) is 1.31. The molecule has 0 saturated carbocycles. The summed E-state index contributed by atoms with van der Waals surface area (Å²) in [5, 5.41) is 7.54. The maximum atomic E-state index is 11.3. The van der Waals surface area contributed by atoms with Gasteiger partial charge in [0.2, 0.25) is 0 Å². The van der Waals surface area contributed by atoms with Gasteiger partial charge < -0.3 is 10.1 Å². The number of ether oxygens (including phenoxy) is 1. The first kappa shape index (κ1) is 13.3. The van der Waals surface area contributed by atoms with E-state index in [4.69, 9.17) is 0 Å². The Morgan fingerprint density at radius 3 is 2.89 bits per heavy atom. The largest absolute Gasteiger partial charge is 0.463 e. The number of hydrogen-bond acceptors (Lipinski definition) is 8. The molecule has 0 amide bonds. The molecule has 2 heterocycles. The Kier molecular flexibility index (Phi) is 3.95. The Labute approximate surface area is 113 Å². The molecule has 1 N–H and O–H groups in total. The number of methoxy groups -OCH3 is 1. The van der Waals surface area contributed by atoms with Gasteiger partial charge in [0.05, 0.1) is 7.11 Å². The van der Waals surface area contributed by atoms with E-state index < -0.39 is 5.97 Å². The Morgan fingerprint density at radius 2 is 2.26 bits per heavy atom. The van der Waals surface area contributed by atoms with Crippen LogP contribution in [0.1, 0.15) is 10.6 Å². The second kappa shape index (κ2) is 5.65. The number of carbonyl (C=O) groups is 1. The van der Waals surface area contributed by atoms with Gasteiger partial charge in [-0.1, -0.05) is 11.8 Å². The quantitative estimate of drug-likeness (QED) is 0.494. The normalized spacial score (nSPS) is 10.3. The second-order valence-corrected chi connectivity index (χ2v) is 4.13. The highest BCUT2D eigenvalue weighted by Crippen LogP contribution is 2.15. The lowest BCUT2D eigenvalue weighted by Gasteiger charge is -2.05. The zero-order valence-electron chi connectivity index (χ0n) is 10.6. The van der Waals surface area contributed by atoms with Crippen LogP contribution in [-0.4, -0.2) is 51.1 Å². The van der Waals surface area contributed by atoms with Crippen LogP contribution in [0.3, 0.4) is 0 Å². The molecular weight excluding hydrogens is 268 g/mol. The van der Waals surface area contributed by atoms with Gasteiger partial charge in [-0.2, -0.15) is 0 Å². The average molecular weight is 280 g/mol. The van der Waals surface area contributed by atoms with Crippen molar-refractivity contribution >= 4 is 23.5 Å². The third-order valence-corrected chi connectivity index (χ3v) is 2.77. The molecule has 9 heteroatoms. The minimum atomic E-state index is -0.591. The van der Waals surface area contributed by atoms with Crippen LogP contribution in [0.15, 0.2) is 17.6 Å². The van der Waals surface area contributed by atoms with Crippen molar-refractivity contribution in [1.29, 1.82) is 0 Å². The van der Waals surface area contributed by atoms with E-state index >= 15 is 0 Å². The predicted octanol–water partition coefficient (Wildman–Crippen LogP) is 0.607. The molecule has 8 nitrogen and oxygen atoms in total. The summed E-state index contributed by atoms with van der Waals surface area (Å²) in [6.45, 7) is 0. The number of esters is 1. The standard InChI is InChI=1S/C10H12N6O2S/c1-11-6-4-7(14-10(13-6)19-3)16-5-12-8(15-16)9(17)18-2/h4-5H,1-3H3,(H,11,13,14). The number of nitrogens with zero attached hydrogens (tertiary/aromatic N) is 5. The van der Waals surface area contributed by atoms with Crippen LogP contribution in [0.5, 0.6) is 0 Å². The molecule has 0 aliphatic carbocycles. The fraction of sp³-hybridized carbons (Fsp3) is 0.300. The molecule has 2 aromatic heterocycles. The predicted molar refractivity (Wildman–Crippen MR) is 69.6 cm³/mol. The lowest BCUT2D eigenvalue weighted by molar-refractivity contribution is 0.0587. The van der Waals surface area contributed by atoms with E-state index in [2.05, 4.69) is 30.1 Å². The molecule has 0 aromatic carbocycles. The number of carbonyl (C=O) groups excluding carboxylic acids is 1. The molecule has 0 atom stereocenters. The van der Waals surface area contributed by atoms with Crippen molar-refractivity contribution in [2.45, 2.75) is 5.16 Å². The van der Waals surface area contributed by atoms with Gasteiger partial charge in [-0.15, -0.1) is 5.10 Å². The first-order valence-electron chi connectivity index (χ1n) is 5.29. The van der Waals surface area contributed by atoms with E-state index in [0.29, 0.717) is 16.8 Å². The van der Waals surface area contributed by atoms with Gasteiger partial charge in [-0.3, -0.25) is 0 Å². The molecule has 0 spiro atoms. The van der Waals surface area contributed by atoms with Crippen molar-refractivity contribution in [2.24, 2.45) is 0 Å². The van der Waals surface area contributed by atoms with Crippen LogP contribution >= 0.6 is 11.8 Å². The van der Waals surface area contributed by atoms with Crippen LogP contribution in [0.2, 0.25) is 0 Å². The summed E-state index contributed by atoms with van der Waals surface area (Å²) in [5.74, 6) is 0.570. The highest BCUT2D eigenvalue weighted by molar-refractivity contribution is 7.98. The summed E-state index contributed by atoms with van der Waals surface area (Å²) in [6.07, 6.45) is 3.28. The summed E-state index contributed by atoms with van der Waals surface area (Å²) >= 11 is 1.41. The van der Waals surface area contributed by atoms with Gasteiger partial charge in [0, 0.05) is 13.1 Å². The van der Waals surface area contributed by atoms with E-state index in [0.717, 1.165) is 0 Å². The lowest BCUT2D eigenvalue weighted by atomic mass is 10.5. The lowest BCUT2D eigenvalue weighted by Crippen LogP contribution is -2.07. The third-order valence-electron chi connectivity index (χ3n) is 2.23. The number of aromatic nitrogens is 5. The molecule has 0 aliphatic heterocycles. The minimum absolute atomic E-state index is 0.0159. The van der Waals surface area contributed by atoms with E-state index in [1.54, 1.807) is 13.1 Å². The molecular formula is C10H12N6O2S. The monoisotopic (exact) mass is 280 g/mol. The molecule has 0 bridgehead atoms. The molecule has 0 fully saturated rings. The van der Waals surface area contributed by atoms with Crippen molar-refractivity contribution in [2.75, 3.05) is 25.7 Å². The molecule has 19 heavy (non-hydrogen) atoms. The Morgan fingerprint density at radius 1 is 1.47 bits per heavy atom. The van der Waals surface area contributed by atoms with Crippen LogP contribution in [0, 0.1) is 0 Å². The van der Waals surface area contributed by atoms with Crippen molar-refractivity contribution in [3.8, 4) is 5.82 Å². The maximum absolute atomic E-state index is 11.3. The Hall–Kier alpha value is -2.16. The smallest absolute Gasteiger partial charge is 0.377 e. The van der Waals surface area contributed by atoms with E-state index in [1.807, 2.05) is 6.26 Å². The van der Waals surface area contributed by atoms with Crippen molar-refractivity contribution in [3.05, 3.63) is 18.2 Å². The molecule has 100 valence electrons.